The number of aromatic nitrogens is 4. The van der Waals surface area contributed by atoms with E-state index in [1.165, 1.54) is 11.9 Å². The molecule has 106 valence electrons. The minimum Gasteiger partial charge on any atom is -0.497 e. The normalized spacial score (nSPS) is 10.3. The summed E-state index contributed by atoms with van der Waals surface area (Å²) in [5.74, 6) is 0.289. The van der Waals surface area contributed by atoms with E-state index in [2.05, 4.69) is 15.1 Å². The second-order valence-corrected chi connectivity index (χ2v) is 4.25. The highest BCUT2D eigenvalue weighted by Crippen LogP contribution is 2.11. The largest absolute Gasteiger partial charge is 0.497 e. The molecule has 1 amide bonds. The summed E-state index contributed by atoms with van der Waals surface area (Å²) < 4.78 is 6.17. The number of pyridine rings is 1. The van der Waals surface area contributed by atoms with Gasteiger partial charge in [-0.3, -0.25) is 14.8 Å². The Bertz CT molecular complexity index is 676. The van der Waals surface area contributed by atoms with Crippen LogP contribution in [0.2, 0.25) is 0 Å². The number of ether oxygens (including phenoxy) is 1. The zero-order valence-electron chi connectivity index (χ0n) is 11.5. The maximum absolute atomic E-state index is 12.1. The van der Waals surface area contributed by atoms with E-state index >= 15 is 0 Å². The third-order valence-corrected chi connectivity index (χ3v) is 2.74. The molecule has 0 fully saturated rings. The minimum atomic E-state index is -0.429. The van der Waals surface area contributed by atoms with Gasteiger partial charge in [0.25, 0.3) is 5.91 Å². The predicted molar refractivity (Wildman–Crippen MR) is 70.4 cm³/mol. The molecule has 8 nitrogen and oxygen atoms in total. The van der Waals surface area contributed by atoms with Crippen LogP contribution in [0.15, 0.2) is 23.1 Å². The van der Waals surface area contributed by atoms with Gasteiger partial charge in [-0.25, -0.2) is 9.48 Å². The van der Waals surface area contributed by atoms with Gasteiger partial charge in [0, 0.05) is 26.4 Å². The van der Waals surface area contributed by atoms with Crippen molar-refractivity contribution in [2.75, 3.05) is 14.2 Å². The molecule has 2 rings (SSSR count). The van der Waals surface area contributed by atoms with Gasteiger partial charge in [-0.05, 0) is 6.07 Å². The summed E-state index contributed by atoms with van der Waals surface area (Å²) >= 11 is 0. The van der Waals surface area contributed by atoms with E-state index in [0.29, 0.717) is 11.4 Å². The number of hydrogen-bond donors (Lipinski definition) is 1. The van der Waals surface area contributed by atoms with Crippen molar-refractivity contribution in [3.63, 3.8) is 0 Å². The Morgan fingerprint density at radius 1 is 1.55 bits per heavy atom. The van der Waals surface area contributed by atoms with Crippen molar-refractivity contribution < 1.29 is 9.53 Å². The summed E-state index contributed by atoms with van der Waals surface area (Å²) in [5.41, 5.74) is 0.250. The molecule has 1 N–H and O–H groups in total. The second-order valence-electron chi connectivity index (χ2n) is 4.25. The third-order valence-electron chi connectivity index (χ3n) is 2.74. The minimum absolute atomic E-state index is 0.00268. The Kier molecular flexibility index (Phi) is 3.83. The molecule has 0 aromatic carbocycles. The second kappa shape index (κ2) is 5.55. The first-order chi connectivity index (χ1) is 9.51. The van der Waals surface area contributed by atoms with E-state index < -0.39 is 5.69 Å². The zero-order valence-corrected chi connectivity index (χ0v) is 11.5. The van der Waals surface area contributed by atoms with E-state index in [1.807, 2.05) is 0 Å². The Hall–Kier alpha value is -2.64. The summed E-state index contributed by atoms with van der Waals surface area (Å²) in [7, 11) is 4.64. The Labute approximate surface area is 115 Å². The Morgan fingerprint density at radius 2 is 2.30 bits per heavy atom. The maximum Gasteiger partial charge on any atom is 0.343 e. The van der Waals surface area contributed by atoms with Crippen LogP contribution in [0.3, 0.4) is 0 Å². The SMILES string of the molecule is COc1ccnc(CN(C)C(=O)c2nn(C)c(=O)[nH]2)c1. The molecule has 0 saturated carbocycles. The fourth-order valence-electron chi connectivity index (χ4n) is 1.66. The van der Waals surface area contributed by atoms with Crippen molar-refractivity contribution in [3.05, 3.63) is 40.3 Å². The predicted octanol–water partition coefficient (Wildman–Crippen LogP) is -0.216. The van der Waals surface area contributed by atoms with Crippen LogP contribution in [-0.2, 0) is 13.6 Å². The van der Waals surface area contributed by atoms with Crippen LogP contribution in [0.5, 0.6) is 5.75 Å². The number of nitrogens with one attached hydrogen (secondary N) is 1. The van der Waals surface area contributed by atoms with Gasteiger partial charge < -0.3 is 9.64 Å². The van der Waals surface area contributed by atoms with Crippen molar-refractivity contribution in [1.82, 2.24) is 24.6 Å². The van der Waals surface area contributed by atoms with E-state index in [4.69, 9.17) is 4.74 Å². The lowest BCUT2D eigenvalue weighted by atomic mass is 10.3. The number of rotatable bonds is 4. The highest BCUT2D eigenvalue weighted by Gasteiger charge is 2.17. The molecule has 0 spiro atoms. The average Bonchev–Trinajstić information content (AvgIpc) is 2.78. The van der Waals surface area contributed by atoms with Crippen LogP contribution in [0.4, 0.5) is 0 Å². The van der Waals surface area contributed by atoms with Crippen molar-refractivity contribution in [2.45, 2.75) is 6.54 Å². The molecule has 0 radical (unpaired) electrons. The van der Waals surface area contributed by atoms with Crippen LogP contribution >= 0.6 is 0 Å². The van der Waals surface area contributed by atoms with Gasteiger partial charge in [0.1, 0.15) is 5.75 Å². The van der Waals surface area contributed by atoms with Crippen LogP contribution in [0, 0.1) is 0 Å². The van der Waals surface area contributed by atoms with Gasteiger partial charge in [0.2, 0.25) is 5.82 Å². The monoisotopic (exact) mass is 277 g/mol. The molecule has 8 heteroatoms. The van der Waals surface area contributed by atoms with E-state index in [-0.39, 0.29) is 18.3 Å². The van der Waals surface area contributed by atoms with E-state index in [9.17, 15) is 9.59 Å². The highest BCUT2D eigenvalue weighted by molar-refractivity contribution is 5.90. The van der Waals surface area contributed by atoms with Crippen molar-refractivity contribution in [3.8, 4) is 5.75 Å². The smallest absolute Gasteiger partial charge is 0.343 e. The molecule has 2 aromatic rings. The number of aromatic amines is 1. The van der Waals surface area contributed by atoms with Crippen molar-refractivity contribution in [1.29, 1.82) is 0 Å². The molecule has 0 aliphatic rings. The van der Waals surface area contributed by atoms with E-state index in [0.717, 1.165) is 4.68 Å². The number of hydrogen-bond acceptors (Lipinski definition) is 5. The highest BCUT2D eigenvalue weighted by atomic mass is 16.5. The van der Waals surface area contributed by atoms with Gasteiger partial charge in [0.15, 0.2) is 0 Å². The third kappa shape index (κ3) is 2.85. The average molecular weight is 277 g/mol. The van der Waals surface area contributed by atoms with Crippen molar-refractivity contribution >= 4 is 5.91 Å². The summed E-state index contributed by atoms with van der Waals surface area (Å²) in [4.78, 5) is 31.3. The number of H-pyrrole nitrogens is 1. The lowest BCUT2D eigenvalue weighted by molar-refractivity contribution is 0.0771. The van der Waals surface area contributed by atoms with Gasteiger partial charge in [-0.15, -0.1) is 5.10 Å². The lowest BCUT2D eigenvalue weighted by Crippen LogP contribution is -2.28. The van der Waals surface area contributed by atoms with Gasteiger partial charge in [0.05, 0.1) is 19.3 Å². The molecule has 0 unspecified atom stereocenters. The molecule has 0 aliphatic carbocycles. The fourth-order valence-corrected chi connectivity index (χ4v) is 1.66. The summed E-state index contributed by atoms with van der Waals surface area (Å²) in [5, 5.41) is 3.82. The van der Waals surface area contributed by atoms with Crippen LogP contribution in [0.1, 0.15) is 16.3 Å². The molecule has 2 heterocycles. The quantitative estimate of drug-likeness (QED) is 0.834. The Balaban J connectivity index is 2.12. The standard InChI is InChI=1S/C12H15N5O3/c1-16(7-8-6-9(20-3)4-5-13-8)11(18)10-14-12(19)17(2)15-10/h4-6H,7H2,1-3H3,(H,14,15,19). The molecular formula is C12H15N5O3. The number of amides is 1. The molecule has 0 aliphatic heterocycles. The first-order valence-corrected chi connectivity index (χ1v) is 5.89. The van der Waals surface area contributed by atoms with Crippen LogP contribution < -0.4 is 10.4 Å². The molecular weight excluding hydrogens is 262 g/mol. The summed E-state index contributed by atoms with van der Waals surface area (Å²) in [6.07, 6.45) is 1.61. The van der Waals surface area contributed by atoms with Crippen molar-refractivity contribution in [2.24, 2.45) is 7.05 Å². The molecule has 0 saturated heterocycles. The molecule has 0 bridgehead atoms. The fraction of sp³-hybridized carbons (Fsp3) is 0.333. The number of aryl methyl sites for hydroxylation is 1. The first kappa shape index (κ1) is 13.8. The van der Waals surface area contributed by atoms with Gasteiger partial charge in [-0.1, -0.05) is 0 Å². The number of carbonyl (C=O) groups excluding carboxylic acids is 1. The summed E-state index contributed by atoms with van der Waals surface area (Å²) in [6.45, 7) is 0.286. The number of nitrogens with zero attached hydrogens (tertiary/aromatic N) is 4. The number of methoxy groups -OCH3 is 1. The maximum atomic E-state index is 12.1. The zero-order chi connectivity index (χ0) is 14.7. The molecule has 2 aromatic heterocycles. The Morgan fingerprint density at radius 3 is 2.90 bits per heavy atom. The van der Waals surface area contributed by atoms with Gasteiger partial charge in [-0.2, -0.15) is 0 Å². The van der Waals surface area contributed by atoms with E-state index in [1.54, 1.807) is 32.5 Å². The molecule has 20 heavy (non-hydrogen) atoms. The van der Waals surface area contributed by atoms with Gasteiger partial charge >= 0.3 is 5.69 Å². The summed E-state index contributed by atoms with van der Waals surface area (Å²) in [6, 6.07) is 3.46. The number of carbonyl (C=O) groups is 1. The first-order valence-electron chi connectivity index (χ1n) is 5.89. The topological polar surface area (TPSA) is 93.1 Å². The van der Waals surface area contributed by atoms with Crippen LogP contribution in [-0.4, -0.2) is 44.7 Å². The lowest BCUT2D eigenvalue weighted by Gasteiger charge is -2.15. The van der Waals surface area contributed by atoms with Crippen LogP contribution in [0.25, 0.3) is 0 Å². The molecule has 0 atom stereocenters.